The van der Waals surface area contributed by atoms with Crippen LogP contribution in [0.2, 0.25) is 0 Å². The summed E-state index contributed by atoms with van der Waals surface area (Å²) in [5.74, 6) is -1.66. The SMILES string of the molecule is COC(=O)c1sc(NC(=O)c2ccccc2C)c(C(N)=O)c1C. The van der Waals surface area contributed by atoms with E-state index in [1.165, 1.54) is 7.11 Å². The van der Waals surface area contributed by atoms with Crippen molar-refractivity contribution in [2.75, 3.05) is 12.4 Å². The van der Waals surface area contributed by atoms with Gasteiger partial charge in [0.2, 0.25) is 0 Å². The third-order valence-corrected chi connectivity index (χ3v) is 4.57. The van der Waals surface area contributed by atoms with Gasteiger partial charge in [-0.3, -0.25) is 9.59 Å². The average Bonchev–Trinajstić information content (AvgIpc) is 2.83. The summed E-state index contributed by atoms with van der Waals surface area (Å²) < 4.78 is 4.68. The molecule has 0 bridgehead atoms. The van der Waals surface area contributed by atoms with Crippen LogP contribution in [0.4, 0.5) is 5.00 Å². The number of hydrogen-bond acceptors (Lipinski definition) is 5. The van der Waals surface area contributed by atoms with Gasteiger partial charge in [0.05, 0.1) is 12.7 Å². The summed E-state index contributed by atoms with van der Waals surface area (Å²) in [6.07, 6.45) is 0. The first kappa shape index (κ1) is 16.7. The Hall–Kier alpha value is -2.67. The van der Waals surface area contributed by atoms with E-state index in [1.54, 1.807) is 19.1 Å². The van der Waals surface area contributed by atoms with Gasteiger partial charge in [-0.1, -0.05) is 18.2 Å². The van der Waals surface area contributed by atoms with E-state index in [2.05, 4.69) is 10.1 Å². The molecule has 0 saturated carbocycles. The van der Waals surface area contributed by atoms with E-state index in [0.717, 1.165) is 16.9 Å². The van der Waals surface area contributed by atoms with Crippen LogP contribution >= 0.6 is 11.3 Å². The molecule has 0 fully saturated rings. The zero-order chi connectivity index (χ0) is 17.1. The Kier molecular flexibility index (Phi) is 4.80. The van der Waals surface area contributed by atoms with Crippen LogP contribution in [0.25, 0.3) is 0 Å². The summed E-state index contributed by atoms with van der Waals surface area (Å²) in [7, 11) is 1.25. The second kappa shape index (κ2) is 6.62. The number of aryl methyl sites for hydroxylation is 1. The highest BCUT2D eigenvalue weighted by Crippen LogP contribution is 2.33. The third kappa shape index (κ3) is 3.24. The lowest BCUT2D eigenvalue weighted by Gasteiger charge is -2.07. The van der Waals surface area contributed by atoms with E-state index in [9.17, 15) is 14.4 Å². The first-order valence-corrected chi connectivity index (χ1v) is 7.57. The van der Waals surface area contributed by atoms with Crippen molar-refractivity contribution in [1.82, 2.24) is 0 Å². The predicted octanol–water partition coefficient (Wildman–Crippen LogP) is 2.50. The molecule has 0 radical (unpaired) electrons. The molecule has 2 amide bonds. The van der Waals surface area contributed by atoms with Gasteiger partial charge >= 0.3 is 5.97 Å². The molecule has 2 aromatic rings. The fraction of sp³-hybridized carbons (Fsp3) is 0.188. The molecule has 0 aliphatic heterocycles. The molecule has 0 aliphatic rings. The lowest BCUT2D eigenvalue weighted by atomic mass is 10.1. The van der Waals surface area contributed by atoms with Gasteiger partial charge in [-0.15, -0.1) is 11.3 Å². The number of primary amides is 1. The van der Waals surface area contributed by atoms with E-state index >= 15 is 0 Å². The van der Waals surface area contributed by atoms with Crippen LogP contribution in [0.5, 0.6) is 0 Å². The highest BCUT2D eigenvalue weighted by atomic mass is 32.1. The number of benzene rings is 1. The molecule has 0 unspecified atom stereocenters. The molecule has 0 saturated heterocycles. The molecule has 0 atom stereocenters. The molecular weight excluding hydrogens is 316 g/mol. The number of nitrogens with one attached hydrogen (secondary N) is 1. The molecule has 0 spiro atoms. The van der Waals surface area contributed by atoms with E-state index in [-0.39, 0.29) is 21.3 Å². The monoisotopic (exact) mass is 332 g/mol. The van der Waals surface area contributed by atoms with Gasteiger partial charge in [-0.25, -0.2) is 4.79 Å². The number of carbonyl (C=O) groups excluding carboxylic acids is 3. The Morgan fingerprint density at radius 3 is 2.39 bits per heavy atom. The van der Waals surface area contributed by atoms with Crippen molar-refractivity contribution in [2.45, 2.75) is 13.8 Å². The van der Waals surface area contributed by atoms with Crippen LogP contribution in [-0.4, -0.2) is 24.9 Å². The van der Waals surface area contributed by atoms with E-state index < -0.39 is 11.9 Å². The highest BCUT2D eigenvalue weighted by Gasteiger charge is 2.25. The average molecular weight is 332 g/mol. The van der Waals surface area contributed by atoms with Gasteiger partial charge in [0.15, 0.2) is 0 Å². The minimum absolute atomic E-state index is 0.123. The zero-order valence-corrected chi connectivity index (χ0v) is 13.7. The number of rotatable bonds is 4. The Bertz CT molecular complexity index is 795. The van der Waals surface area contributed by atoms with Crippen molar-refractivity contribution in [2.24, 2.45) is 5.73 Å². The van der Waals surface area contributed by atoms with Crippen LogP contribution in [0.3, 0.4) is 0 Å². The number of thiophene rings is 1. The maximum absolute atomic E-state index is 12.4. The van der Waals surface area contributed by atoms with Gasteiger partial charge in [0.1, 0.15) is 9.88 Å². The number of hydrogen-bond donors (Lipinski definition) is 2. The number of esters is 1. The topological polar surface area (TPSA) is 98.5 Å². The van der Waals surface area contributed by atoms with Gasteiger partial charge in [-0.05, 0) is 31.0 Å². The fourth-order valence-electron chi connectivity index (χ4n) is 2.18. The maximum Gasteiger partial charge on any atom is 0.348 e. The van der Waals surface area contributed by atoms with Gasteiger partial charge < -0.3 is 15.8 Å². The molecule has 120 valence electrons. The summed E-state index contributed by atoms with van der Waals surface area (Å²) in [6, 6.07) is 7.06. The minimum Gasteiger partial charge on any atom is -0.465 e. The molecule has 3 N–H and O–H groups in total. The second-order valence-electron chi connectivity index (χ2n) is 4.89. The first-order chi connectivity index (χ1) is 10.9. The number of amides is 2. The summed E-state index contributed by atoms with van der Waals surface area (Å²) >= 11 is 0.969. The lowest BCUT2D eigenvalue weighted by molar-refractivity contribution is 0.0605. The van der Waals surface area contributed by atoms with Crippen LogP contribution in [0.1, 0.15) is 41.5 Å². The van der Waals surface area contributed by atoms with Crippen LogP contribution in [-0.2, 0) is 4.74 Å². The van der Waals surface area contributed by atoms with Crippen molar-refractivity contribution in [3.8, 4) is 0 Å². The molecule has 23 heavy (non-hydrogen) atoms. The van der Waals surface area contributed by atoms with Crippen LogP contribution in [0.15, 0.2) is 24.3 Å². The maximum atomic E-state index is 12.4. The number of carbonyl (C=O) groups is 3. The number of anilines is 1. The number of methoxy groups -OCH3 is 1. The molecule has 7 heteroatoms. The van der Waals surface area contributed by atoms with E-state index in [0.29, 0.717) is 11.1 Å². The minimum atomic E-state index is -0.714. The summed E-state index contributed by atoms with van der Waals surface area (Å²) in [4.78, 5) is 36.1. The quantitative estimate of drug-likeness (QED) is 0.840. The second-order valence-corrected chi connectivity index (χ2v) is 5.91. The fourth-order valence-corrected chi connectivity index (χ4v) is 3.31. The van der Waals surface area contributed by atoms with Crippen molar-refractivity contribution in [1.29, 1.82) is 0 Å². The van der Waals surface area contributed by atoms with Crippen molar-refractivity contribution in [3.63, 3.8) is 0 Å². The molecule has 0 aliphatic carbocycles. The highest BCUT2D eigenvalue weighted by molar-refractivity contribution is 7.18. The molecule has 2 rings (SSSR count). The van der Waals surface area contributed by atoms with Crippen LogP contribution < -0.4 is 11.1 Å². The van der Waals surface area contributed by atoms with Crippen LogP contribution in [0, 0.1) is 13.8 Å². The third-order valence-electron chi connectivity index (χ3n) is 3.38. The molecule has 1 heterocycles. The van der Waals surface area contributed by atoms with E-state index in [4.69, 9.17) is 5.73 Å². The number of nitrogens with two attached hydrogens (primary N) is 1. The first-order valence-electron chi connectivity index (χ1n) is 6.75. The normalized spacial score (nSPS) is 10.2. The Morgan fingerprint density at radius 1 is 1.17 bits per heavy atom. The predicted molar refractivity (Wildman–Crippen MR) is 88.0 cm³/mol. The van der Waals surface area contributed by atoms with Gasteiger partial charge in [0, 0.05) is 5.56 Å². The Balaban J connectivity index is 2.43. The lowest BCUT2D eigenvalue weighted by Crippen LogP contribution is -2.18. The Labute approximate surface area is 137 Å². The summed E-state index contributed by atoms with van der Waals surface area (Å²) in [5, 5.41) is 2.90. The zero-order valence-electron chi connectivity index (χ0n) is 12.9. The Morgan fingerprint density at radius 2 is 1.83 bits per heavy atom. The van der Waals surface area contributed by atoms with Gasteiger partial charge in [-0.2, -0.15) is 0 Å². The van der Waals surface area contributed by atoms with Crippen molar-refractivity contribution < 1.29 is 19.1 Å². The van der Waals surface area contributed by atoms with Gasteiger partial charge in [0.25, 0.3) is 11.8 Å². The standard InChI is InChI=1S/C16H16N2O4S/c1-8-6-4-5-7-10(8)14(20)18-15-11(13(17)19)9(2)12(23-15)16(21)22-3/h4-7H,1-3H3,(H2,17,19)(H,18,20). The van der Waals surface area contributed by atoms with Crippen molar-refractivity contribution in [3.05, 3.63) is 51.4 Å². The summed E-state index contributed by atoms with van der Waals surface area (Å²) in [6.45, 7) is 3.40. The van der Waals surface area contributed by atoms with E-state index in [1.807, 2.05) is 19.1 Å². The molecular formula is C16H16N2O4S. The number of ether oxygens (including phenoxy) is 1. The molecule has 1 aromatic heterocycles. The summed E-state index contributed by atoms with van der Waals surface area (Å²) in [5.41, 5.74) is 7.18. The van der Waals surface area contributed by atoms with Crippen molar-refractivity contribution >= 4 is 34.1 Å². The smallest absolute Gasteiger partial charge is 0.348 e. The largest absolute Gasteiger partial charge is 0.465 e. The molecule has 1 aromatic carbocycles. The molecule has 6 nitrogen and oxygen atoms in total.